The summed E-state index contributed by atoms with van der Waals surface area (Å²) in [5.41, 5.74) is 3.63. The van der Waals surface area contributed by atoms with Crippen LogP contribution in [0, 0.1) is 6.92 Å². The lowest BCUT2D eigenvalue weighted by Crippen LogP contribution is -2.30. The van der Waals surface area contributed by atoms with Crippen molar-refractivity contribution in [1.29, 1.82) is 0 Å². The molecule has 0 unspecified atom stereocenters. The number of carbonyl (C=O) groups excluding carboxylic acids is 2. The number of fused-ring (bicyclic) bond motifs is 1. The van der Waals surface area contributed by atoms with Gasteiger partial charge in [0.25, 0.3) is 11.8 Å². The monoisotopic (exact) mass is 357 g/mol. The van der Waals surface area contributed by atoms with Crippen molar-refractivity contribution < 1.29 is 14.3 Å². The highest BCUT2D eigenvalue weighted by Gasteiger charge is 2.22. The number of hydrogen-bond donors (Lipinski definition) is 2. The molecule has 2 aromatic carbocycles. The average Bonchev–Trinajstić information content (AvgIpc) is 2.92. The minimum atomic E-state index is -0.445. The fourth-order valence-corrected chi connectivity index (χ4v) is 2.91. The number of para-hydroxylation sites is 1. The van der Waals surface area contributed by atoms with Crippen LogP contribution >= 0.6 is 11.6 Å². The molecule has 1 amide bonds. The van der Waals surface area contributed by atoms with Crippen molar-refractivity contribution in [3.8, 4) is 5.75 Å². The number of nitrogen functional groups attached to an aromatic ring is 1. The number of nitrogens with zero attached hydrogens (tertiary/aromatic N) is 1. The zero-order chi connectivity index (χ0) is 18.0. The van der Waals surface area contributed by atoms with E-state index < -0.39 is 5.91 Å². The van der Waals surface area contributed by atoms with Gasteiger partial charge in [0, 0.05) is 16.1 Å². The molecule has 0 saturated carbocycles. The molecule has 128 valence electrons. The fraction of sp³-hybridized carbons (Fsp3) is 0.111. The summed E-state index contributed by atoms with van der Waals surface area (Å²) in [5.74, 6) is 5.06. The van der Waals surface area contributed by atoms with Gasteiger partial charge in [-0.25, -0.2) is 5.84 Å². The van der Waals surface area contributed by atoms with Crippen LogP contribution < -0.4 is 16.0 Å². The molecule has 3 N–H and O–H groups in total. The fourth-order valence-electron chi connectivity index (χ4n) is 2.79. The topological polar surface area (TPSA) is 86.4 Å². The Kier molecular flexibility index (Phi) is 4.74. The second-order valence-corrected chi connectivity index (χ2v) is 5.86. The largest absolute Gasteiger partial charge is 0.484 e. The Morgan fingerprint density at radius 3 is 2.52 bits per heavy atom. The molecule has 7 heteroatoms. The van der Waals surface area contributed by atoms with E-state index in [1.54, 1.807) is 55.5 Å². The van der Waals surface area contributed by atoms with Crippen molar-refractivity contribution in [2.75, 3.05) is 6.61 Å². The summed E-state index contributed by atoms with van der Waals surface area (Å²) < 4.78 is 6.99. The van der Waals surface area contributed by atoms with Crippen molar-refractivity contribution in [2.24, 2.45) is 5.84 Å². The average molecular weight is 358 g/mol. The normalized spacial score (nSPS) is 10.7. The van der Waals surface area contributed by atoms with Gasteiger partial charge in [0.15, 0.2) is 6.61 Å². The van der Waals surface area contributed by atoms with Crippen molar-refractivity contribution in [2.45, 2.75) is 6.92 Å². The number of amides is 1. The lowest BCUT2D eigenvalue weighted by atomic mass is 10.1. The Labute approximate surface area is 149 Å². The Balaban J connectivity index is 1.94. The van der Waals surface area contributed by atoms with Crippen LogP contribution in [0.5, 0.6) is 5.75 Å². The van der Waals surface area contributed by atoms with Gasteiger partial charge in [0.05, 0.1) is 11.1 Å². The molecule has 3 aromatic rings. The van der Waals surface area contributed by atoms with Crippen molar-refractivity contribution in [3.05, 3.63) is 64.8 Å². The second-order valence-electron chi connectivity index (χ2n) is 5.42. The minimum Gasteiger partial charge on any atom is -0.484 e. The summed E-state index contributed by atoms with van der Waals surface area (Å²) in [6.45, 7) is 1.52. The maximum absolute atomic E-state index is 12.7. The third-order valence-corrected chi connectivity index (χ3v) is 4.15. The second kappa shape index (κ2) is 6.96. The molecule has 1 heterocycles. The van der Waals surface area contributed by atoms with Crippen LogP contribution in [-0.2, 0) is 0 Å². The minimum absolute atomic E-state index is 0.176. The molecular weight excluding hydrogens is 342 g/mol. The quantitative estimate of drug-likeness (QED) is 0.427. The molecule has 0 fully saturated rings. The van der Waals surface area contributed by atoms with Gasteiger partial charge in [0.1, 0.15) is 5.75 Å². The first-order valence-electron chi connectivity index (χ1n) is 7.55. The van der Waals surface area contributed by atoms with E-state index >= 15 is 0 Å². The molecule has 3 rings (SSSR count). The molecule has 0 radical (unpaired) electrons. The molecule has 0 bridgehead atoms. The standard InChI is InChI=1S/C18H16ClN3O3/c1-11-17(18(24)21-20)14-4-2-3-5-15(14)22(11)16(23)10-25-13-8-6-12(19)7-9-13/h2-9H,10,20H2,1H3,(H,21,24). The highest BCUT2D eigenvalue weighted by molar-refractivity contribution is 6.30. The lowest BCUT2D eigenvalue weighted by Gasteiger charge is -2.09. The molecule has 25 heavy (non-hydrogen) atoms. The van der Waals surface area contributed by atoms with Crippen LogP contribution in [0.25, 0.3) is 10.9 Å². The number of carbonyl (C=O) groups is 2. The lowest BCUT2D eigenvalue weighted by molar-refractivity contribution is 0.0841. The number of rotatable bonds is 4. The number of halogens is 1. The van der Waals surface area contributed by atoms with Crippen LogP contribution in [0.15, 0.2) is 48.5 Å². The number of ether oxygens (including phenoxy) is 1. The Hall–Kier alpha value is -2.83. The Bertz CT molecular complexity index is 948. The molecule has 0 atom stereocenters. The van der Waals surface area contributed by atoms with E-state index in [9.17, 15) is 9.59 Å². The first kappa shape index (κ1) is 17.0. The van der Waals surface area contributed by atoms with Gasteiger partial charge in [-0.1, -0.05) is 29.8 Å². The smallest absolute Gasteiger partial charge is 0.269 e. The molecule has 6 nitrogen and oxygen atoms in total. The molecule has 1 aromatic heterocycles. The number of aromatic nitrogens is 1. The van der Waals surface area contributed by atoms with Crippen molar-refractivity contribution in [3.63, 3.8) is 0 Å². The van der Waals surface area contributed by atoms with Crippen molar-refractivity contribution >= 4 is 34.3 Å². The Morgan fingerprint density at radius 2 is 1.84 bits per heavy atom. The van der Waals surface area contributed by atoms with Gasteiger partial charge in [-0.2, -0.15) is 0 Å². The van der Waals surface area contributed by atoms with E-state index in [1.807, 2.05) is 0 Å². The predicted octanol–water partition coefficient (Wildman–Crippen LogP) is 2.93. The van der Waals surface area contributed by atoms with Gasteiger partial charge in [-0.15, -0.1) is 0 Å². The van der Waals surface area contributed by atoms with Crippen LogP contribution in [0.4, 0.5) is 0 Å². The SMILES string of the molecule is Cc1c(C(=O)NN)c2ccccc2n1C(=O)COc1ccc(Cl)cc1. The van der Waals surface area contributed by atoms with Crippen LogP contribution in [0.2, 0.25) is 5.02 Å². The summed E-state index contributed by atoms with van der Waals surface area (Å²) in [6.07, 6.45) is 0. The van der Waals surface area contributed by atoms with Crippen LogP contribution in [0.3, 0.4) is 0 Å². The van der Waals surface area contributed by atoms with Gasteiger partial charge in [-0.05, 0) is 37.3 Å². The van der Waals surface area contributed by atoms with E-state index in [2.05, 4.69) is 5.43 Å². The van der Waals surface area contributed by atoms with Gasteiger partial charge in [-0.3, -0.25) is 19.6 Å². The van der Waals surface area contributed by atoms with Crippen molar-refractivity contribution in [1.82, 2.24) is 9.99 Å². The van der Waals surface area contributed by atoms with E-state index in [1.165, 1.54) is 4.57 Å². The number of hydrazine groups is 1. The molecule has 0 aliphatic rings. The third kappa shape index (κ3) is 3.22. The Morgan fingerprint density at radius 1 is 1.16 bits per heavy atom. The van der Waals surface area contributed by atoms with Gasteiger partial charge < -0.3 is 4.74 Å². The van der Waals surface area contributed by atoms with Gasteiger partial charge in [0.2, 0.25) is 0 Å². The molecule has 0 saturated heterocycles. The molecular formula is C18H16ClN3O3. The summed E-state index contributed by atoms with van der Waals surface area (Å²) >= 11 is 5.83. The number of nitrogens with two attached hydrogens (primary N) is 1. The van der Waals surface area contributed by atoms with E-state index in [0.29, 0.717) is 32.9 Å². The van der Waals surface area contributed by atoms with Crippen LogP contribution in [-0.4, -0.2) is 23.0 Å². The first-order chi connectivity index (χ1) is 12.0. The van der Waals surface area contributed by atoms with E-state index in [-0.39, 0.29) is 12.5 Å². The highest BCUT2D eigenvalue weighted by atomic mass is 35.5. The molecule has 0 aliphatic carbocycles. The predicted molar refractivity (Wildman–Crippen MR) is 95.9 cm³/mol. The number of nitrogens with one attached hydrogen (secondary N) is 1. The summed E-state index contributed by atoms with van der Waals surface area (Å²) in [5, 5.41) is 1.24. The van der Waals surface area contributed by atoms with Gasteiger partial charge >= 0.3 is 0 Å². The first-order valence-corrected chi connectivity index (χ1v) is 7.93. The zero-order valence-electron chi connectivity index (χ0n) is 13.5. The zero-order valence-corrected chi connectivity index (χ0v) is 14.2. The molecule has 0 spiro atoms. The third-order valence-electron chi connectivity index (χ3n) is 3.90. The van der Waals surface area contributed by atoms with Crippen LogP contribution in [0.1, 0.15) is 20.8 Å². The summed E-state index contributed by atoms with van der Waals surface area (Å²) in [4.78, 5) is 24.8. The number of hydrogen-bond acceptors (Lipinski definition) is 4. The van der Waals surface area contributed by atoms with E-state index in [0.717, 1.165) is 0 Å². The summed E-state index contributed by atoms with van der Waals surface area (Å²) in [6, 6.07) is 13.9. The maximum Gasteiger partial charge on any atom is 0.269 e. The maximum atomic E-state index is 12.7. The number of benzene rings is 2. The van der Waals surface area contributed by atoms with E-state index in [4.69, 9.17) is 22.2 Å². The summed E-state index contributed by atoms with van der Waals surface area (Å²) in [7, 11) is 0. The highest BCUT2D eigenvalue weighted by Crippen LogP contribution is 2.26. The molecule has 0 aliphatic heterocycles.